The minimum absolute atomic E-state index is 0.126. The summed E-state index contributed by atoms with van der Waals surface area (Å²) in [6.07, 6.45) is 0. The summed E-state index contributed by atoms with van der Waals surface area (Å²) < 4.78 is 0.661. The highest BCUT2D eigenvalue weighted by Gasteiger charge is 2.12. The summed E-state index contributed by atoms with van der Waals surface area (Å²) in [6, 6.07) is 7.65. The summed E-state index contributed by atoms with van der Waals surface area (Å²) in [6.45, 7) is 1.23. The highest BCUT2D eigenvalue weighted by atomic mass is 35.5. The molecule has 0 bridgehead atoms. The van der Waals surface area contributed by atoms with Crippen LogP contribution in [0.5, 0.6) is 0 Å². The molecule has 0 aliphatic rings. The molecule has 0 spiro atoms. The van der Waals surface area contributed by atoms with Crippen molar-refractivity contribution in [1.82, 2.24) is 4.90 Å². The summed E-state index contributed by atoms with van der Waals surface area (Å²) in [5.41, 5.74) is 0. The van der Waals surface area contributed by atoms with Gasteiger partial charge in [-0.2, -0.15) is 0 Å². The van der Waals surface area contributed by atoms with E-state index in [0.717, 1.165) is 11.4 Å². The maximum atomic E-state index is 11.9. The molecule has 0 aromatic carbocycles. The lowest BCUT2D eigenvalue weighted by molar-refractivity contribution is 0.0947. The summed E-state index contributed by atoms with van der Waals surface area (Å²) >= 11 is 8.85. The highest BCUT2D eigenvalue weighted by molar-refractivity contribution is 7.18. The minimum atomic E-state index is 0.126. The zero-order chi connectivity index (χ0) is 12.3. The number of carbonyl (C=O) groups is 1. The van der Waals surface area contributed by atoms with Crippen molar-refractivity contribution < 1.29 is 4.79 Å². The van der Waals surface area contributed by atoms with Crippen LogP contribution < -0.4 is 0 Å². The topological polar surface area (TPSA) is 20.3 Å². The van der Waals surface area contributed by atoms with Crippen LogP contribution in [0.25, 0.3) is 0 Å². The fourth-order valence-corrected chi connectivity index (χ4v) is 3.27. The summed E-state index contributed by atoms with van der Waals surface area (Å²) in [5, 5.41) is 2.05. The molecule has 2 aromatic rings. The fraction of sp³-hybridized carbons (Fsp3) is 0.250. The smallest absolute Gasteiger partial charge is 0.186 e. The SMILES string of the molecule is CN(CC(=O)c1ccc(Cl)s1)Cc1cccs1. The molecule has 0 N–H and O–H groups in total. The molecule has 0 unspecified atom stereocenters. The number of carbonyl (C=O) groups excluding carboxylic acids is 1. The van der Waals surface area contributed by atoms with Crippen molar-refractivity contribution in [1.29, 1.82) is 0 Å². The molecule has 0 saturated carbocycles. The first-order chi connectivity index (χ1) is 8.15. The van der Waals surface area contributed by atoms with Crippen molar-refractivity contribution in [3.05, 3.63) is 43.7 Å². The molecule has 0 amide bonds. The van der Waals surface area contributed by atoms with Crippen LogP contribution in [-0.2, 0) is 6.54 Å². The van der Waals surface area contributed by atoms with Crippen LogP contribution in [0, 0.1) is 0 Å². The second-order valence-corrected chi connectivity index (χ2v) is 6.53. The van der Waals surface area contributed by atoms with Gasteiger partial charge in [0.2, 0.25) is 0 Å². The van der Waals surface area contributed by atoms with Crippen LogP contribution in [0.2, 0.25) is 4.34 Å². The average Bonchev–Trinajstić information content (AvgIpc) is 2.89. The second kappa shape index (κ2) is 5.78. The van der Waals surface area contributed by atoms with E-state index in [2.05, 4.69) is 6.07 Å². The molecule has 0 aliphatic heterocycles. The van der Waals surface area contributed by atoms with Crippen molar-refractivity contribution in [3.63, 3.8) is 0 Å². The number of Topliss-reactive ketones (excluding diaryl/α,β-unsaturated/α-hetero) is 1. The van der Waals surface area contributed by atoms with Gasteiger partial charge in [-0.25, -0.2) is 0 Å². The van der Waals surface area contributed by atoms with Crippen molar-refractivity contribution in [2.45, 2.75) is 6.54 Å². The number of hydrogen-bond donors (Lipinski definition) is 0. The summed E-state index contributed by atoms with van der Waals surface area (Å²) in [5.74, 6) is 0.126. The van der Waals surface area contributed by atoms with Crippen LogP contribution in [0.4, 0.5) is 0 Å². The molecular weight excluding hydrogens is 274 g/mol. The van der Waals surface area contributed by atoms with Gasteiger partial charge in [0.05, 0.1) is 15.8 Å². The van der Waals surface area contributed by atoms with Crippen LogP contribution in [0.3, 0.4) is 0 Å². The molecular formula is C12H12ClNOS2. The van der Waals surface area contributed by atoms with Gasteiger partial charge in [0.15, 0.2) is 5.78 Å². The van der Waals surface area contributed by atoms with E-state index in [9.17, 15) is 4.79 Å². The number of thiophene rings is 2. The quantitative estimate of drug-likeness (QED) is 0.779. The molecule has 0 fully saturated rings. The number of hydrogen-bond acceptors (Lipinski definition) is 4. The standard InChI is InChI=1S/C12H12ClNOS2/c1-14(7-9-3-2-6-16-9)8-10(15)11-4-5-12(13)17-11/h2-6H,7-8H2,1H3. The Bertz CT molecular complexity index is 492. The molecule has 0 saturated heterocycles. The van der Waals surface area contributed by atoms with Crippen LogP contribution in [0.1, 0.15) is 14.5 Å². The van der Waals surface area contributed by atoms with Gasteiger partial charge in [-0.05, 0) is 30.6 Å². The van der Waals surface area contributed by atoms with E-state index in [1.54, 1.807) is 23.5 Å². The first kappa shape index (κ1) is 12.8. The third-order valence-corrected chi connectivity index (χ3v) is 4.40. The zero-order valence-corrected chi connectivity index (χ0v) is 11.7. The Balaban J connectivity index is 1.90. The minimum Gasteiger partial charge on any atom is -0.294 e. The van der Waals surface area contributed by atoms with Gasteiger partial charge in [0.1, 0.15) is 0 Å². The van der Waals surface area contributed by atoms with E-state index < -0.39 is 0 Å². The molecule has 2 nitrogen and oxygen atoms in total. The lowest BCUT2D eigenvalue weighted by Crippen LogP contribution is -2.24. The number of nitrogens with zero attached hydrogens (tertiary/aromatic N) is 1. The summed E-state index contributed by atoms with van der Waals surface area (Å²) in [4.78, 5) is 15.9. The Hall–Kier alpha value is -0.680. The Morgan fingerprint density at radius 2 is 2.24 bits per heavy atom. The third-order valence-electron chi connectivity index (χ3n) is 2.27. The average molecular weight is 286 g/mol. The second-order valence-electron chi connectivity index (χ2n) is 3.78. The van der Waals surface area contributed by atoms with E-state index in [1.165, 1.54) is 16.2 Å². The molecule has 90 valence electrons. The summed E-state index contributed by atoms with van der Waals surface area (Å²) in [7, 11) is 1.95. The van der Waals surface area contributed by atoms with Crippen molar-refractivity contribution >= 4 is 40.1 Å². The first-order valence-electron chi connectivity index (χ1n) is 5.14. The molecule has 2 aromatic heterocycles. The Morgan fingerprint density at radius 3 is 2.82 bits per heavy atom. The first-order valence-corrected chi connectivity index (χ1v) is 7.22. The fourth-order valence-electron chi connectivity index (χ4n) is 1.51. The largest absolute Gasteiger partial charge is 0.294 e. The van der Waals surface area contributed by atoms with Gasteiger partial charge in [-0.3, -0.25) is 9.69 Å². The number of halogens is 1. The van der Waals surface area contributed by atoms with Crippen LogP contribution >= 0.6 is 34.3 Å². The number of ketones is 1. The Kier molecular flexibility index (Phi) is 4.34. The van der Waals surface area contributed by atoms with Crippen molar-refractivity contribution in [3.8, 4) is 0 Å². The zero-order valence-electron chi connectivity index (χ0n) is 9.35. The molecule has 0 atom stereocenters. The van der Waals surface area contributed by atoms with Crippen LogP contribution in [-0.4, -0.2) is 24.3 Å². The van der Waals surface area contributed by atoms with Gasteiger partial charge in [0.25, 0.3) is 0 Å². The number of likely N-dealkylation sites (N-methyl/N-ethyl adjacent to an activating group) is 1. The van der Waals surface area contributed by atoms with Crippen molar-refractivity contribution in [2.24, 2.45) is 0 Å². The van der Waals surface area contributed by atoms with Gasteiger partial charge in [0, 0.05) is 11.4 Å². The molecule has 0 radical (unpaired) electrons. The lowest BCUT2D eigenvalue weighted by Gasteiger charge is -2.13. The molecule has 2 heterocycles. The lowest BCUT2D eigenvalue weighted by atomic mass is 10.3. The predicted octanol–water partition coefficient (Wildman–Crippen LogP) is 3.78. The van der Waals surface area contributed by atoms with E-state index in [0.29, 0.717) is 10.9 Å². The van der Waals surface area contributed by atoms with Crippen LogP contribution in [0.15, 0.2) is 29.6 Å². The van der Waals surface area contributed by atoms with Gasteiger partial charge in [-0.1, -0.05) is 17.7 Å². The maximum absolute atomic E-state index is 11.9. The monoisotopic (exact) mass is 285 g/mol. The molecule has 5 heteroatoms. The van der Waals surface area contributed by atoms with Crippen molar-refractivity contribution in [2.75, 3.05) is 13.6 Å². The molecule has 0 aliphatic carbocycles. The molecule has 2 rings (SSSR count). The predicted molar refractivity (Wildman–Crippen MR) is 74.3 cm³/mol. The third kappa shape index (κ3) is 3.64. The van der Waals surface area contributed by atoms with E-state index in [4.69, 9.17) is 11.6 Å². The van der Waals surface area contributed by atoms with E-state index in [1.807, 2.05) is 23.4 Å². The number of rotatable bonds is 5. The highest BCUT2D eigenvalue weighted by Crippen LogP contribution is 2.22. The Morgan fingerprint density at radius 1 is 1.41 bits per heavy atom. The normalized spacial score (nSPS) is 11.0. The van der Waals surface area contributed by atoms with Gasteiger partial charge < -0.3 is 0 Å². The molecule has 17 heavy (non-hydrogen) atoms. The van der Waals surface area contributed by atoms with Gasteiger partial charge in [-0.15, -0.1) is 22.7 Å². The van der Waals surface area contributed by atoms with E-state index in [-0.39, 0.29) is 5.78 Å². The maximum Gasteiger partial charge on any atom is 0.186 e. The Labute approximate surface area is 113 Å². The van der Waals surface area contributed by atoms with E-state index >= 15 is 0 Å². The van der Waals surface area contributed by atoms with Gasteiger partial charge >= 0.3 is 0 Å².